The van der Waals surface area contributed by atoms with E-state index in [0.29, 0.717) is 18.5 Å². The van der Waals surface area contributed by atoms with E-state index in [1.165, 1.54) is 36.3 Å². The molecule has 1 fully saturated rings. The van der Waals surface area contributed by atoms with E-state index in [-0.39, 0.29) is 17.6 Å². The summed E-state index contributed by atoms with van der Waals surface area (Å²) in [5.41, 5.74) is 0.205. The van der Waals surface area contributed by atoms with Crippen LogP contribution in [0.2, 0.25) is 0 Å². The van der Waals surface area contributed by atoms with Gasteiger partial charge in [0.05, 0.1) is 17.6 Å². The van der Waals surface area contributed by atoms with Crippen LogP contribution in [0.15, 0.2) is 12.4 Å². The molecule has 0 aromatic carbocycles. The number of nitro groups is 1. The molecule has 0 spiro atoms. The average Bonchev–Trinajstić information content (AvgIpc) is 2.93. The molecule has 1 aliphatic rings. The van der Waals surface area contributed by atoms with E-state index in [2.05, 4.69) is 31.2 Å². The molecular formula is C16H28N4O3. The van der Waals surface area contributed by atoms with Crippen LogP contribution in [0.5, 0.6) is 0 Å². The average molecular weight is 324 g/mol. The van der Waals surface area contributed by atoms with Crippen LogP contribution in [0.4, 0.5) is 5.69 Å². The zero-order valence-corrected chi connectivity index (χ0v) is 14.2. The summed E-state index contributed by atoms with van der Waals surface area (Å²) in [6.07, 6.45) is 6.81. The number of aliphatic hydroxyl groups excluding tert-OH is 1. The van der Waals surface area contributed by atoms with Crippen molar-refractivity contribution in [2.75, 3.05) is 6.54 Å². The summed E-state index contributed by atoms with van der Waals surface area (Å²) in [4.78, 5) is 10.2. The quantitative estimate of drug-likeness (QED) is 0.619. The second-order valence-electron chi connectivity index (χ2n) is 7.60. The summed E-state index contributed by atoms with van der Waals surface area (Å²) < 4.78 is 1.42. The first kappa shape index (κ1) is 17.9. The molecule has 2 rings (SSSR count). The molecule has 0 radical (unpaired) electrons. The van der Waals surface area contributed by atoms with Crippen molar-refractivity contribution in [3.05, 3.63) is 22.5 Å². The monoisotopic (exact) mass is 324 g/mol. The van der Waals surface area contributed by atoms with Crippen LogP contribution < -0.4 is 5.32 Å². The number of hydrogen-bond acceptors (Lipinski definition) is 5. The number of nitrogens with zero attached hydrogens (tertiary/aromatic N) is 3. The van der Waals surface area contributed by atoms with Gasteiger partial charge < -0.3 is 10.4 Å². The van der Waals surface area contributed by atoms with Crippen molar-refractivity contribution in [1.82, 2.24) is 15.1 Å². The van der Waals surface area contributed by atoms with Gasteiger partial charge in [-0.2, -0.15) is 5.10 Å². The lowest BCUT2D eigenvalue weighted by molar-refractivity contribution is -0.385. The summed E-state index contributed by atoms with van der Waals surface area (Å²) in [5.74, 6) is 0.606. The third-order valence-corrected chi connectivity index (χ3v) is 4.72. The third-order valence-electron chi connectivity index (χ3n) is 4.72. The van der Waals surface area contributed by atoms with Gasteiger partial charge in [-0.05, 0) is 24.2 Å². The summed E-state index contributed by atoms with van der Waals surface area (Å²) in [7, 11) is 0. The molecule has 1 aliphatic carbocycles. The predicted octanol–water partition coefficient (Wildman–Crippen LogP) is 2.35. The summed E-state index contributed by atoms with van der Waals surface area (Å²) in [6, 6.07) is 0.422. The maximum atomic E-state index is 10.6. The minimum absolute atomic E-state index is 0.0507. The van der Waals surface area contributed by atoms with E-state index in [0.717, 1.165) is 6.42 Å². The molecule has 1 aromatic rings. The molecule has 1 heterocycles. The van der Waals surface area contributed by atoms with Crippen molar-refractivity contribution in [2.24, 2.45) is 11.3 Å². The number of rotatable bonds is 6. The van der Waals surface area contributed by atoms with Gasteiger partial charge in [0.2, 0.25) is 0 Å². The van der Waals surface area contributed by atoms with Gasteiger partial charge in [-0.25, -0.2) is 0 Å². The van der Waals surface area contributed by atoms with Gasteiger partial charge in [0.25, 0.3) is 0 Å². The van der Waals surface area contributed by atoms with Gasteiger partial charge in [-0.1, -0.05) is 33.6 Å². The first-order valence-electron chi connectivity index (χ1n) is 8.35. The van der Waals surface area contributed by atoms with Crippen LogP contribution in [0.3, 0.4) is 0 Å². The fourth-order valence-electron chi connectivity index (χ4n) is 3.53. The van der Waals surface area contributed by atoms with E-state index in [9.17, 15) is 15.2 Å². The zero-order chi connectivity index (χ0) is 17.0. The molecule has 1 saturated carbocycles. The normalized spacial score (nSPS) is 23.7. The minimum atomic E-state index is -0.614. The highest BCUT2D eigenvalue weighted by Gasteiger charge is 2.33. The molecule has 0 amide bonds. The molecule has 7 nitrogen and oxygen atoms in total. The largest absolute Gasteiger partial charge is 0.390 e. The topological polar surface area (TPSA) is 93.2 Å². The van der Waals surface area contributed by atoms with Crippen LogP contribution >= 0.6 is 0 Å². The lowest BCUT2D eigenvalue weighted by Crippen LogP contribution is -2.47. The number of nitrogens with one attached hydrogen (secondary N) is 1. The summed E-state index contributed by atoms with van der Waals surface area (Å²) >= 11 is 0. The van der Waals surface area contributed by atoms with Crippen molar-refractivity contribution in [2.45, 2.75) is 65.1 Å². The molecule has 23 heavy (non-hydrogen) atoms. The van der Waals surface area contributed by atoms with Gasteiger partial charge in [-0.3, -0.25) is 14.8 Å². The molecule has 7 heteroatoms. The van der Waals surface area contributed by atoms with E-state index < -0.39 is 11.0 Å². The van der Waals surface area contributed by atoms with Gasteiger partial charge in [0.15, 0.2) is 0 Å². The Bertz CT molecular complexity index is 524. The van der Waals surface area contributed by atoms with Crippen LogP contribution in [0.1, 0.15) is 46.5 Å². The van der Waals surface area contributed by atoms with Crippen LogP contribution in [0, 0.1) is 21.4 Å². The smallest absolute Gasteiger partial charge is 0.306 e. The summed E-state index contributed by atoms with van der Waals surface area (Å²) in [6.45, 7) is 7.56. The standard InChI is InChI=1S/C16H28N4O3/c1-16(2,3)14-6-4-5-7-15(14)17-9-13(21)11-19-10-12(8-18-19)20(22)23/h8,10,13-15,17,21H,4-7,9,11H2,1-3H3/t13-,14+,15-/m0/s1. The van der Waals surface area contributed by atoms with Crippen molar-refractivity contribution in [3.63, 3.8) is 0 Å². The summed E-state index contributed by atoms with van der Waals surface area (Å²) in [5, 5.41) is 28.2. The maximum Gasteiger partial charge on any atom is 0.306 e. The Kier molecular flexibility index (Phi) is 5.75. The fraction of sp³-hybridized carbons (Fsp3) is 0.812. The van der Waals surface area contributed by atoms with Crippen LogP contribution in [-0.2, 0) is 6.54 Å². The fourth-order valence-corrected chi connectivity index (χ4v) is 3.53. The molecular weight excluding hydrogens is 296 g/mol. The second kappa shape index (κ2) is 7.40. The lowest BCUT2D eigenvalue weighted by Gasteiger charge is -2.41. The van der Waals surface area contributed by atoms with Crippen LogP contribution in [0.25, 0.3) is 0 Å². The number of aliphatic hydroxyl groups is 1. The highest BCUT2D eigenvalue weighted by atomic mass is 16.6. The van der Waals surface area contributed by atoms with E-state index in [1.807, 2.05) is 0 Å². The highest BCUT2D eigenvalue weighted by molar-refractivity contribution is 5.20. The third kappa shape index (κ3) is 5.00. The molecule has 0 unspecified atom stereocenters. The molecule has 1 aromatic heterocycles. The van der Waals surface area contributed by atoms with Gasteiger partial charge in [0.1, 0.15) is 12.4 Å². The van der Waals surface area contributed by atoms with Gasteiger partial charge in [0, 0.05) is 12.6 Å². The first-order chi connectivity index (χ1) is 10.8. The van der Waals surface area contributed by atoms with Crippen molar-refractivity contribution in [3.8, 4) is 0 Å². The SMILES string of the molecule is CC(C)(C)[C@@H]1CCCC[C@@H]1NC[C@H](O)Cn1cc([N+](=O)[O-])cn1. The van der Waals surface area contributed by atoms with Crippen molar-refractivity contribution >= 4 is 5.69 Å². The Labute approximate surface area is 137 Å². The number of aromatic nitrogens is 2. The van der Waals surface area contributed by atoms with Gasteiger partial charge >= 0.3 is 5.69 Å². The predicted molar refractivity (Wildman–Crippen MR) is 88.1 cm³/mol. The Morgan fingerprint density at radius 3 is 2.78 bits per heavy atom. The Hall–Kier alpha value is -1.47. The lowest BCUT2D eigenvalue weighted by atomic mass is 9.69. The van der Waals surface area contributed by atoms with E-state index >= 15 is 0 Å². The number of hydrogen-bond donors (Lipinski definition) is 2. The maximum absolute atomic E-state index is 10.6. The zero-order valence-electron chi connectivity index (χ0n) is 14.2. The van der Waals surface area contributed by atoms with E-state index in [1.54, 1.807) is 0 Å². The van der Waals surface area contributed by atoms with Gasteiger partial charge in [-0.15, -0.1) is 0 Å². The minimum Gasteiger partial charge on any atom is -0.390 e. The van der Waals surface area contributed by atoms with Crippen molar-refractivity contribution < 1.29 is 10.0 Å². The Morgan fingerprint density at radius 2 is 2.17 bits per heavy atom. The Balaban J connectivity index is 1.84. The molecule has 0 bridgehead atoms. The van der Waals surface area contributed by atoms with Crippen molar-refractivity contribution in [1.29, 1.82) is 0 Å². The van der Waals surface area contributed by atoms with Crippen LogP contribution in [-0.4, -0.2) is 38.5 Å². The molecule has 2 N–H and O–H groups in total. The first-order valence-corrected chi connectivity index (χ1v) is 8.35. The molecule has 0 saturated heterocycles. The Morgan fingerprint density at radius 1 is 1.48 bits per heavy atom. The van der Waals surface area contributed by atoms with E-state index in [4.69, 9.17) is 0 Å². The molecule has 130 valence electrons. The molecule has 0 aliphatic heterocycles. The second-order valence-corrected chi connectivity index (χ2v) is 7.60. The highest BCUT2D eigenvalue weighted by Crippen LogP contribution is 2.37. The molecule has 3 atom stereocenters.